The number of aliphatic imine (C=N–C) groups is 1. The number of aryl methyl sites for hydroxylation is 1. The number of nitrogens with zero attached hydrogens (tertiary/aromatic N) is 5. The normalized spacial score (nSPS) is 14.3. The molecular weight excluding hydrogens is 515 g/mol. The fourth-order valence-electron chi connectivity index (χ4n) is 3.08. The molecular formula is C20H29IN6O2S. The maximum Gasteiger partial charge on any atom is 0.337 e. The van der Waals surface area contributed by atoms with Crippen molar-refractivity contribution in [1.82, 2.24) is 19.6 Å². The molecule has 10 heteroatoms. The zero-order valence-corrected chi connectivity index (χ0v) is 20.8. The zero-order valence-electron chi connectivity index (χ0n) is 17.6. The number of rotatable bonds is 6. The first-order chi connectivity index (χ1) is 14.1. The van der Waals surface area contributed by atoms with Crippen molar-refractivity contribution in [2.24, 2.45) is 4.99 Å². The molecule has 1 fully saturated rings. The Balaban J connectivity index is 0.00000320. The number of guanidine groups is 1. The first-order valence-corrected chi connectivity index (χ1v) is 10.7. The molecule has 1 aromatic carbocycles. The number of nitrogens with one attached hydrogen (secondary N) is 1. The molecule has 1 aliphatic rings. The van der Waals surface area contributed by atoms with Gasteiger partial charge in [0.15, 0.2) is 5.96 Å². The van der Waals surface area contributed by atoms with Crippen LogP contribution < -0.4 is 10.2 Å². The molecule has 0 amide bonds. The summed E-state index contributed by atoms with van der Waals surface area (Å²) in [5.74, 6) is 1.50. The summed E-state index contributed by atoms with van der Waals surface area (Å²) in [5.41, 5.74) is 1.60. The predicted octanol–water partition coefficient (Wildman–Crippen LogP) is 2.79. The quantitative estimate of drug-likeness (QED) is 0.259. The molecule has 2 heterocycles. The Morgan fingerprint density at radius 1 is 1.20 bits per heavy atom. The standard InChI is InChI=1S/C20H28N6O2S.HI/c1-4-17-23-20(29-24-17)26-12-10-25(11-13-26)19(21-5-2)22-14-15-6-8-16(9-7-15)18(27)28-3;/h6-9H,4-5,10-14H2,1-3H3,(H,21,22);1H. The molecule has 30 heavy (non-hydrogen) atoms. The van der Waals surface area contributed by atoms with E-state index in [1.165, 1.54) is 18.6 Å². The number of halogens is 1. The van der Waals surface area contributed by atoms with Gasteiger partial charge < -0.3 is 19.9 Å². The van der Waals surface area contributed by atoms with Gasteiger partial charge in [0.05, 0.1) is 19.2 Å². The fourth-order valence-corrected chi connectivity index (χ4v) is 3.88. The van der Waals surface area contributed by atoms with E-state index in [1.54, 1.807) is 12.1 Å². The van der Waals surface area contributed by atoms with E-state index in [0.29, 0.717) is 12.1 Å². The first kappa shape index (κ1) is 24.3. The summed E-state index contributed by atoms with van der Waals surface area (Å²) < 4.78 is 9.13. The number of carbonyl (C=O) groups excluding carboxylic acids is 1. The number of piperazine rings is 1. The number of ether oxygens (including phenoxy) is 1. The molecule has 0 radical (unpaired) electrons. The van der Waals surface area contributed by atoms with Crippen LogP contribution >= 0.6 is 35.5 Å². The van der Waals surface area contributed by atoms with Gasteiger partial charge in [-0.05, 0) is 24.6 Å². The molecule has 0 spiro atoms. The molecule has 2 aromatic rings. The SMILES string of the molecule is CCNC(=NCc1ccc(C(=O)OC)cc1)N1CCN(c2nc(CC)ns2)CC1.I. The van der Waals surface area contributed by atoms with Crippen LogP contribution in [0.5, 0.6) is 0 Å². The summed E-state index contributed by atoms with van der Waals surface area (Å²) in [6, 6.07) is 7.38. The highest BCUT2D eigenvalue weighted by molar-refractivity contribution is 14.0. The van der Waals surface area contributed by atoms with Crippen molar-refractivity contribution in [3.63, 3.8) is 0 Å². The second-order valence-electron chi connectivity index (χ2n) is 6.68. The van der Waals surface area contributed by atoms with Crippen LogP contribution in [0, 0.1) is 0 Å². The highest BCUT2D eigenvalue weighted by Crippen LogP contribution is 2.19. The number of esters is 1. The molecule has 0 aliphatic carbocycles. The van der Waals surface area contributed by atoms with Gasteiger partial charge in [-0.2, -0.15) is 4.37 Å². The van der Waals surface area contributed by atoms with Gasteiger partial charge in [0.2, 0.25) is 5.13 Å². The van der Waals surface area contributed by atoms with E-state index in [1.807, 2.05) is 12.1 Å². The van der Waals surface area contributed by atoms with Crippen molar-refractivity contribution in [2.75, 3.05) is 44.7 Å². The first-order valence-electron chi connectivity index (χ1n) is 9.92. The monoisotopic (exact) mass is 544 g/mol. The van der Waals surface area contributed by atoms with Crippen LogP contribution in [0.1, 0.15) is 35.6 Å². The molecule has 1 N–H and O–H groups in total. The molecule has 1 aliphatic heterocycles. The van der Waals surface area contributed by atoms with E-state index in [0.717, 1.165) is 61.6 Å². The highest BCUT2D eigenvalue weighted by Gasteiger charge is 2.22. The molecule has 0 atom stereocenters. The van der Waals surface area contributed by atoms with Crippen molar-refractivity contribution < 1.29 is 9.53 Å². The maximum atomic E-state index is 11.6. The van der Waals surface area contributed by atoms with Gasteiger partial charge in [-0.25, -0.2) is 14.8 Å². The summed E-state index contributed by atoms with van der Waals surface area (Å²) in [6.07, 6.45) is 0.869. The van der Waals surface area contributed by atoms with Gasteiger partial charge in [-0.3, -0.25) is 0 Å². The van der Waals surface area contributed by atoms with Crippen molar-refractivity contribution in [1.29, 1.82) is 0 Å². The average molecular weight is 544 g/mol. The van der Waals surface area contributed by atoms with E-state index in [2.05, 4.69) is 38.3 Å². The molecule has 0 unspecified atom stereocenters. The number of hydrogen-bond acceptors (Lipinski definition) is 7. The van der Waals surface area contributed by atoms with Crippen LogP contribution in [-0.2, 0) is 17.7 Å². The lowest BCUT2D eigenvalue weighted by Crippen LogP contribution is -2.52. The van der Waals surface area contributed by atoms with Crippen LogP contribution in [0.25, 0.3) is 0 Å². The summed E-state index contributed by atoms with van der Waals surface area (Å²) in [4.78, 5) is 25.5. The summed E-state index contributed by atoms with van der Waals surface area (Å²) in [6.45, 7) is 9.09. The Morgan fingerprint density at radius 2 is 1.90 bits per heavy atom. The van der Waals surface area contributed by atoms with E-state index in [9.17, 15) is 4.79 Å². The minimum Gasteiger partial charge on any atom is -0.465 e. The summed E-state index contributed by atoms with van der Waals surface area (Å²) in [5, 5.41) is 4.40. The number of carbonyl (C=O) groups is 1. The second-order valence-corrected chi connectivity index (χ2v) is 7.41. The van der Waals surface area contributed by atoms with Crippen molar-refractivity contribution in [3.05, 3.63) is 41.2 Å². The van der Waals surface area contributed by atoms with Gasteiger partial charge in [0, 0.05) is 50.7 Å². The maximum absolute atomic E-state index is 11.6. The number of aromatic nitrogens is 2. The number of hydrogen-bond donors (Lipinski definition) is 1. The molecule has 1 aromatic heterocycles. The third kappa shape index (κ3) is 6.27. The van der Waals surface area contributed by atoms with E-state index in [-0.39, 0.29) is 29.9 Å². The van der Waals surface area contributed by atoms with Crippen LogP contribution in [0.15, 0.2) is 29.3 Å². The summed E-state index contributed by atoms with van der Waals surface area (Å²) >= 11 is 1.48. The highest BCUT2D eigenvalue weighted by atomic mass is 127. The van der Waals surface area contributed by atoms with Gasteiger partial charge in [-0.15, -0.1) is 24.0 Å². The topological polar surface area (TPSA) is 83.0 Å². The molecule has 3 rings (SSSR count). The largest absolute Gasteiger partial charge is 0.465 e. The molecule has 0 saturated carbocycles. The predicted molar refractivity (Wildman–Crippen MR) is 131 cm³/mol. The van der Waals surface area contributed by atoms with E-state index in [4.69, 9.17) is 9.73 Å². The average Bonchev–Trinajstić information content (AvgIpc) is 3.26. The molecule has 0 bridgehead atoms. The minimum atomic E-state index is -0.326. The van der Waals surface area contributed by atoms with E-state index >= 15 is 0 Å². The molecule has 8 nitrogen and oxygen atoms in total. The Bertz CT molecular complexity index is 834. The Morgan fingerprint density at radius 3 is 2.47 bits per heavy atom. The van der Waals surface area contributed by atoms with Crippen LogP contribution in [0.2, 0.25) is 0 Å². The Kier molecular flexibility index (Phi) is 9.76. The van der Waals surface area contributed by atoms with Gasteiger partial charge >= 0.3 is 5.97 Å². The van der Waals surface area contributed by atoms with Crippen LogP contribution in [0.3, 0.4) is 0 Å². The van der Waals surface area contributed by atoms with Gasteiger partial charge in [0.25, 0.3) is 0 Å². The second kappa shape index (κ2) is 12.0. The Hall–Kier alpha value is -1.95. The number of methoxy groups -OCH3 is 1. The minimum absolute atomic E-state index is 0. The van der Waals surface area contributed by atoms with Crippen molar-refractivity contribution >= 4 is 52.6 Å². The van der Waals surface area contributed by atoms with Crippen LogP contribution in [0.4, 0.5) is 5.13 Å². The number of anilines is 1. The molecule has 164 valence electrons. The molecule has 1 saturated heterocycles. The zero-order chi connectivity index (χ0) is 20.6. The van der Waals surface area contributed by atoms with Crippen molar-refractivity contribution in [2.45, 2.75) is 26.8 Å². The van der Waals surface area contributed by atoms with Crippen molar-refractivity contribution in [3.8, 4) is 0 Å². The lowest BCUT2D eigenvalue weighted by molar-refractivity contribution is 0.0600. The third-order valence-corrected chi connectivity index (χ3v) is 5.56. The van der Waals surface area contributed by atoms with Gasteiger partial charge in [0.1, 0.15) is 5.82 Å². The third-order valence-electron chi connectivity index (χ3n) is 4.74. The summed E-state index contributed by atoms with van der Waals surface area (Å²) in [7, 11) is 1.39. The Labute approximate surface area is 198 Å². The lowest BCUT2D eigenvalue weighted by Gasteiger charge is -2.36. The number of benzene rings is 1. The van der Waals surface area contributed by atoms with Gasteiger partial charge in [-0.1, -0.05) is 19.1 Å². The smallest absolute Gasteiger partial charge is 0.337 e. The lowest BCUT2D eigenvalue weighted by atomic mass is 10.1. The van der Waals surface area contributed by atoms with E-state index < -0.39 is 0 Å². The van der Waals surface area contributed by atoms with Crippen LogP contribution in [-0.4, -0.2) is 66.0 Å². The fraction of sp³-hybridized carbons (Fsp3) is 0.500.